The zero-order valence-corrected chi connectivity index (χ0v) is 15.1. The number of benzene rings is 1. The van der Waals surface area contributed by atoms with E-state index in [1.54, 1.807) is 12.1 Å². The van der Waals surface area contributed by atoms with Gasteiger partial charge in [-0.2, -0.15) is 0 Å². The molecule has 0 aromatic heterocycles. The van der Waals surface area contributed by atoms with Crippen LogP contribution in [0.5, 0.6) is 11.5 Å². The van der Waals surface area contributed by atoms with Crippen molar-refractivity contribution in [3.63, 3.8) is 0 Å². The summed E-state index contributed by atoms with van der Waals surface area (Å²) in [5.74, 6) is 0.898. The molecule has 0 bridgehead atoms. The van der Waals surface area contributed by atoms with Gasteiger partial charge in [-0.25, -0.2) is 0 Å². The van der Waals surface area contributed by atoms with Gasteiger partial charge >= 0.3 is 0 Å². The highest BCUT2D eigenvalue weighted by molar-refractivity contribution is 9.10. The summed E-state index contributed by atoms with van der Waals surface area (Å²) in [4.78, 5) is 12.1. The number of halogens is 2. The van der Waals surface area contributed by atoms with Crippen LogP contribution in [0.3, 0.4) is 0 Å². The van der Waals surface area contributed by atoms with Crippen LogP contribution in [0.25, 0.3) is 0 Å². The summed E-state index contributed by atoms with van der Waals surface area (Å²) in [5, 5.41) is 2.79. The first-order valence-corrected chi connectivity index (χ1v) is 7.15. The van der Waals surface area contributed by atoms with Crippen LogP contribution in [0.15, 0.2) is 16.6 Å². The zero-order valence-electron chi connectivity index (χ0n) is 12.7. The first kappa shape index (κ1) is 20.0. The lowest BCUT2D eigenvalue weighted by Gasteiger charge is -2.19. The van der Waals surface area contributed by atoms with Gasteiger partial charge < -0.3 is 20.5 Å². The van der Waals surface area contributed by atoms with Crippen molar-refractivity contribution in [2.24, 2.45) is 5.73 Å². The molecule has 0 radical (unpaired) electrons. The minimum atomic E-state index is -0.456. The normalized spacial score (nSPS) is 10.6. The summed E-state index contributed by atoms with van der Waals surface area (Å²) >= 11 is 3.39. The maximum Gasteiger partial charge on any atom is 0.251 e. The molecule has 3 N–H and O–H groups in total. The third-order valence-electron chi connectivity index (χ3n) is 2.48. The number of carbonyl (C=O) groups excluding carboxylic acids is 1. The maximum atomic E-state index is 12.1. The fourth-order valence-electron chi connectivity index (χ4n) is 1.55. The predicted octanol–water partition coefficient (Wildman–Crippen LogP) is 2.75. The molecule has 1 aromatic carbocycles. The smallest absolute Gasteiger partial charge is 0.251 e. The van der Waals surface area contributed by atoms with Gasteiger partial charge in [0, 0.05) is 17.6 Å². The van der Waals surface area contributed by atoms with Crippen molar-refractivity contribution in [1.82, 2.24) is 5.32 Å². The van der Waals surface area contributed by atoms with Gasteiger partial charge in [0.05, 0.1) is 18.2 Å². The molecule has 5 nitrogen and oxygen atoms in total. The van der Waals surface area contributed by atoms with E-state index < -0.39 is 5.54 Å². The standard InChI is InChI=1S/C14H21BrN2O3.ClH/c1-5-20-12-10(15)6-9(7-11(12)19-4)13(18)17-8-14(2,3)16;/h6-7H,5,8,16H2,1-4H3,(H,17,18);1H. The molecule has 21 heavy (non-hydrogen) atoms. The molecule has 0 unspecified atom stereocenters. The van der Waals surface area contributed by atoms with Gasteiger partial charge in [-0.15, -0.1) is 12.4 Å². The van der Waals surface area contributed by atoms with Crippen molar-refractivity contribution in [3.05, 3.63) is 22.2 Å². The van der Waals surface area contributed by atoms with E-state index in [2.05, 4.69) is 21.2 Å². The first-order chi connectivity index (χ1) is 9.28. The number of methoxy groups -OCH3 is 1. The number of nitrogens with two attached hydrogens (primary N) is 1. The summed E-state index contributed by atoms with van der Waals surface area (Å²) in [5.41, 5.74) is 5.87. The third kappa shape index (κ3) is 6.11. The van der Waals surface area contributed by atoms with Gasteiger partial charge in [0.1, 0.15) is 0 Å². The molecule has 0 saturated carbocycles. The van der Waals surface area contributed by atoms with Gasteiger partial charge in [0.25, 0.3) is 5.91 Å². The van der Waals surface area contributed by atoms with E-state index in [4.69, 9.17) is 15.2 Å². The molecule has 1 amide bonds. The van der Waals surface area contributed by atoms with E-state index in [-0.39, 0.29) is 18.3 Å². The predicted molar refractivity (Wildman–Crippen MR) is 89.7 cm³/mol. The van der Waals surface area contributed by atoms with Crippen LogP contribution in [0.2, 0.25) is 0 Å². The molecule has 0 aliphatic rings. The molecule has 0 aliphatic carbocycles. The minimum Gasteiger partial charge on any atom is -0.493 e. The average molecular weight is 382 g/mol. The molecule has 0 atom stereocenters. The molecule has 0 aliphatic heterocycles. The largest absolute Gasteiger partial charge is 0.493 e. The number of hydrogen-bond acceptors (Lipinski definition) is 4. The molecular weight excluding hydrogens is 360 g/mol. The van der Waals surface area contributed by atoms with Crippen molar-refractivity contribution in [2.75, 3.05) is 20.3 Å². The van der Waals surface area contributed by atoms with Crippen LogP contribution >= 0.6 is 28.3 Å². The Kier molecular flexibility index (Phi) is 8.06. The number of carbonyl (C=O) groups is 1. The molecule has 0 fully saturated rings. The fourth-order valence-corrected chi connectivity index (χ4v) is 2.10. The first-order valence-electron chi connectivity index (χ1n) is 6.36. The summed E-state index contributed by atoms with van der Waals surface area (Å²) in [6, 6.07) is 3.35. The average Bonchev–Trinajstić information content (AvgIpc) is 2.37. The van der Waals surface area contributed by atoms with E-state index in [1.807, 2.05) is 20.8 Å². The second-order valence-corrected chi connectivity index (χ2v) is 5.95. The fraction of sp³-hybridized carbons (Fsp3) is 0.500. The molecule has 0 saturated heterocycles. The topological polar surface area (TPSA) is 73.6 Å². The Balaban J connectivity index is 0.00000400. The molecular formula is C14H22BrClN2O3. The van der Waals surface area contributed by atoms with Crippen LogP contribution in [0, 0.1) is 0 Å². The van der Waals surface area contributed by atoms with Gasteiger partial charge in [-0.3, -0.25) is 4.79 Å². The second-order valence-electron chi connectivity index (χ2n) is 5.09. The van der Waals surface area contributed by atoms with Crippen molar-refractivity contribution >= 4 is 34.2 Å². The maximum absolute atomic E-state index is 12.1. The number of ether oxygens (including phenoxy) is 2. The number of rotatable bonds is 6. The lowest BCUT2D eigenvalue weighted by atomic mass is 10.1. The van der Waals surface area contributed by atoms with Crippen molar-refractivity contribution in [2.45, 2.75) is 26.3 Å². The molecule has 7 heteroatoms. The molecule has 1 aromatic rings. The van der Waals surface area contributed by atoms with E-state index in [1.165, 1.54) is 7.11 Å². The van der Waals surface area contributed by atoms with Gasteiger partial charge in [0.2, 0.25) is 0 Å². The zero-order chi connectivity index (χ0) is 15.3. The Morgan fingerprint density at radius 3 is 2.52 bits per heavy atom. The van der Waals surface area contributed by atoms with E-state index in [0.717, 1.165) is 0 Å². The Bertz CT molecular complexity index is 490. The van der Waals surface area contributed by atoms with E-state index >= 15 is 0 Å². The van der Waals surface area contributed by atoms with Crippen LogP contribution in [-0.2, 0) is 0 Å². The van der Waals surface area contributed by atoms with Gasteiger partial charge in [-0.1, -0.05) is 0 Å². The Morgan fingerprint density at radius 2 is 2.05 bits per heavy atom. The highest BCUT2D eigenvalue weighted by Crippen LogP contribution is 2.36. The highest BCUT2D eigenvalue weighted by atomic mass is 79.9. The summed E-state index contributed by atoms with van der Waals surface area (Å²) < 4.78 is 11.4. The minimum absolute atomic E-state index is 0. The number of nitrogens with one attached hydrogen (secondary N) is 1. The van der Waals surface area contributed by atoms with Crippen LogP contribution in [0.1, 0.15) is 31.1 Å². The SMILES string of the molecule is CCOc1c(Br)cc(C(=O)NCC(C)(C)N)cc1OC.Cl. The van der Waals surface area contributed by atoms with Crippen LogP contribution in [-0.4, -0.2) is 31.7 Å². The monoisotopic (exact) mass is 380 g/mol. The van der Waals surface area contributed by atoms with Crippen molar-refractivity contribution in [3.8, 4) is 11.5 Å². The Labute approximate surface area is 140 Å². The Morgan fingerprint density at radius 1 is 1.43 bits per heavy atom. The number of amides is 1. The van der Waals surface area contributed by atoms with Gasteiger partial charge in [-0.05, 0) is 48.8 Å². The van der Waals surface area contributed by atoms with Crippen molar-refractivity contribution in [1.29, 1.82) is 0 Å². The second kappa shape index (κ2) is 8.46. The number of hydrogen-bond donors (Lipinski definition) is 2. The summed E-state index contributed by atoms with van der Waals surface area (Å²) in [6.45, 7) is 6.49. The lowest BCUT2D eigenvalue weighted by Crippen LogP contribution is -2.45. The van der Waals surface area contributed by atoms with Crippen molar-refractivity contribution < 1.29 is 14.3 Å². The third-order valence-corrected chi connectivity index (χ3v) is 3.07. The van der Waals surface area contributed by atoms with Gasteiger partial charge in [0.15, 0.2) is 11.5 Å². The molecule has 1 rings (SSSR count). The Hall–Kier alpha value is -0.980. The summed E-state index contributed by atoms with van der Waals surface area (Å²) in [7, 11) is 1.54. The highest BCUT2D eigenvalue weighted by Gasteiger charge is 2.17. The molecule has 120 valence electrons. The van der Waals surface area contributed by atoms with E-state index in [9.17, 15) is 4.79 Å². The van der Waals surface area contributed by atoms with Crippen LogP contribution < -0.4 is 20.5 Å². The summed E-state index contributed by atoms with van der Waals surface area (Å²) in [6.07, 6.45) is 0. The molecule has 0 heterocycles. The lowest BCUT2D eigenvalue weighted by molar-refractivity contribution is 0.0945. The quantitative estimate of drug-likeness (QED) is 0.794. The van der Waals surface area contributed by atoms with E-state index in [0.29, 0.717) is 34.7 Å². The van der Waals surface area contributed by atoms with Crippen LogP contribution in [0.4, 0.5) is 0 Å². The molecule has 0 spiro atoms.